The van der Waals surface area contributed by atoms with Crippen LogP contribution in [0.2, 0.25) is 5.02 Å². The Bertz CT molecular complexity index is 511. The van der Waals surface area contributed by atoms with Crippen molar-refractivity contribution in [2.45, 2.75) is 6.92 Å². The monoisotopic (exact) mass is 288 g/mol. The summed E-state index contributed by atoms with van der Waals surface area (Å²) >= 11 is 5.94. The number of phenols is 1. The molecule has 0 aliphatic carbocycles. The third-order valence-corrected chi connectivity index (χ3v) is 2.64. The lowest BCUT2D eigenvalue weighted by Crippen LogP contribution is -2.18. The maximum atomic E-state index is 11.8. The van der Waals surface area contributed by atoms with Gasteiger partial charge in [0, 0.05) is 6.07 Å². The molecule has 0 saturated carbocycles. The van der Waals surface area contributed by atoms with Gasteiger partial charge in [-0.1, -0.05) is 11.6 Å². The lowest BCUT2D eigenvalue weighted by molar-refractivity contribution is -0.137. The molecule has 7 heteroatoms. The first-order valence-electron chi connectivity index (χ1n) is 5.32. The van der Waals surface area contributed by atoms with Crippen LogP contribution in [0.15, 0.2) is 6.07 Å². The molecule has 0 amide bonds. The Balaban J connectivity index is 3.36. The zero-order valence-electron chi connectivity index (χ0n) is 10.7. The molecule has 1 aromatic carbocycles. The van der Waals surface area contributed by atoms with Crippen molar-refractivity contribution in [3.8, 4) is 17.2 Å². The average Bonchev–Trinajstić information content (AvgIpc) is 2.38. The van der Waals surface area contributed by atoms with Crippen molar-refractivity contribution in [1.82, 2.24) is 0 Å². The number of methoxy groups -OCH3 is 2. The van der Waals surface area contributed by atoms with E-state index in [0.717, 1.165) is 6.07 Å². The smallest absolute Gasteiger partial charge is 0.379 e. The van der Waals surface area contributed by atoms with Gasteiger partial charge in [-0.15, -0.1) is 0 Å². The zero-order valence-corrected chi connectivity index (χ0v) is 11.4. The van der Waals surface area contributed by atoms with E-state index in [2.05, 4.69) is 4.74 Å². The molecular formula is C12H13ClO6. The van der Waals surface area contributed by atoms with Crippen LogP contribution >= 0.6 is 11.6 Å². The first-order valence-corrected chi connectivity index (χ1v) is 5.70. The first-order chi connectivity index (χ1) is 8.97. The fourth-order valence-corrected chi connectivity index (χ4v) is 1.81. The van der Waals surface area contributed by atoms with Gasteiger partial charge >= 0.3 is 5.97 Å². The number of carbonyl (C=O) groups excluding carboxylic acids is 2. The molecule has 0 unspecified atom stereocenters. The predicted octanol–water partition coefficient (Wildman–Crippen LogP) is 1.81. The van der Waals surface area contributed by atoms with Crippen LogP contribution in [0, 0.1) is 0 Å². The Kier molecular flexibility index (Phi) is 5.00. The van der Waals surface area contributed by atoms with Gasteiger partial charge in [0.2, 0.25) is 0 Å². The highest BCUT2D eigenvalue weighted by Crippen LogP contribution is 2.42. The van der Waals surface area contributed by atoms with Crippen molar-refractivity contribution < 1.29 is 28.9 Å². The van der Waals surface area contributed by atoms with Crippen molar-refractivity contribution in [2.24, 2.45) is 0 Å². The minimum atomic E-state index is -1.10. The molecule has 0 aliphatic rings. The molecule has 6 nitrogen and oxygen atoms in total. The van der Waals surface area contributed by atoms with Gasteiger partial charge < -0.3 is 19.3 Å². The fourth-order valence-electron chi connectivity index (χ4n) is 1.45. The maximum Gasteiger partial charge on any atom is 0.379 e. The van der Waals surface area contributed by atoms with Crippen molar-refractivity contribution >= 4 is 23.4 Å². The molecule has 1 N–H and O–H groups in total. The van der Waals surface area contributed by atoms with Crippen LogP contribution in [0.4, 0.5) is 0 Å². The number of carbonyl (C=O) groups is 2. The van der Waals surface area contributed by atoms with E-state index >= 15 is 0 Å². The summed E-state index contributed by atoms with van der Waals surface area (Å²) in [4.78, 5) is 23.2. The molecule has 0 atom stereocenters. The van der Waals surface area contributed by atoms with Gasteiger partial charge in [-0.25, -0.2) is 4.79 Å². The van der Waals surface area contributed by atoms with Crippen LogP contribution in [0.25, 0.3) is 0 Å². The topological polar surface area (TPSA) is 82.1 Å². The molecular weight excluding hydrogens is 276 g/mol. The summed E-state index contributed by atoms with van der Waals surface area (Å²) in [6, 6.07) is 1.14. The lowest BCUT2D eigenvalue weighted by atomic mass is 10.1. The van der Waals surface area contributed by atoms with Crippen LogP contribution < -0.4 is 9.47 Å². The molecule has 0 heterocycles. The Morgan fingerprint density at radius 3 is 2.42 bits per heavy atom. The molecule has 0 spiro atoms. The summed E-state index contributed by atoms with van der Waals surface area (Å²) in [6.45, 7) is 1.59. The molecule has 104 valence electrons. The standard InChI is InChI=1S/C12H13ClO6/c1-4-19-12(16)10(15)8-6(14)5-7(17-2)11(18-3)9(8)13/h5,14H,4H2,1-3H3. The Hall–Kier alpha value is -1.95. The number of phenolic OH excluding ortho intramolecular Hbond substituents is 1. The highest BCUT2D eigenvalue weighted by Gasteiger charge is 2.28. The number of halogens is 1. The van der Waals surface area contributed by atoms with Crippen LogP contribution in [-0.4, -0.2) is 37.7 Å². The van der Waals surface area contributed by atoms with Crippen molar-refractivity contribution in [3.05, 3.63) is 16.7 Å². The Labute approximate surface area is 114 Å². The Morgan fingerprint density at radius 2 is 1.95 bits per heavy atom. The number of hydrogen-bond acceptors (Lipinski definition) is 6. The summed E-state index contributed by atoms with van der Waals surface area (Å²) in [5.41, 5.74) is -0.377. The number of aromatic hydroxyl groups is 1. The molecule has 19 heavy (non-hydrogen) atoms. The Morgan fingerprint density at radius 1 is 1.32 bits per heavy atom. The normalized spacial score (nSPS) is 9.89. The first kappa shape index (κ1) is 15.1. The van der Waals surface area contributed by atoms with Crippen molar-refractivity contribution in [2.75, 3.05) is 20.8 Å². The van der Waals surface area contributed by atoms with E-state index in [0.29, 0.717) is 0 Å². The summed E-state index contributed by atoms with van der Waals surface area (Å²) in [7, 11) is 2.67. The predicted molar refractivity (Wildman–Crippen MR) is 67.2 cm³/mol. The van der Waals surface area contributed by atoms with E-state index in [1.165, 1.54) is 14.2 Å². The van der Waals surface area contributed by atoms with Crippen molar-refractivity contribution in [1.29, 1.82) is 0 Å². The second kappa shape index (κ2) is 6.29. The quantitative estimate of drug-likeness (QED) is 0.505. The van der Waals surface area contributed by atoms with Gasteiger partial charge in [0.25, 0.3) is 5.78 Å². The van der Waals surface area contributed by atoms with Gasteiger partial charge in [-0.05, 0) is 6.92 Å². The number of ether oxygens (including phenoxy) is 3. The average molecular weight is 289 g/mol. The van der Waals surface area contributed by atoms with Crippen LogP contribution in [0.3, 0.4) is 0 Å². The molecule has 0 saturated heterocycles. The third-order valence-electron chi connectivity index (χ3n) is 2.28. The fraction of sp³-hybridized carbons (Fsp3) is 0.333. The van der Waals surface area contributed by atoms with E-state index in [1.54, 1.807) is 6.92 Å². The molecule has 0 radical (unpaired) electrons. The van der Waals surface area contributed by atoms with E-state index in [9.17, 15) is 14.7 Å². The minimum absolute atomic E-state index is 0.0379. The van der Waals surface area contributed by atoms with E-state index in [4.69, 9.17) is 21.1 Å². The largest absolute Gasteiger partial charge is 0.507 e. The van der Waals surface area contributed by atoms with Crippen LogP contribution in [0.1, 0.15) is 17.3 Å². The van der Waals surface area contributed by atoms with Gasteiger partial charge in [0.1, 0.15) is 10.8 Å². The SMILES string of the molecule is CCOC(=O)C(=O)c1c(O)cc(OC)c(OC)c1Cl. The number of Topliss-reactive ketones (excluding diaryl/α,β-unsaturated/α-hetero) is 1. The second-order valence-electron chi connectivity index (χ2n) is 3.37. The number of ketones is 1. The molecule has 0 bridgehead atoms. The van der Waals surface area contributed by atoms with E-state index in [1.807, 2.05) is 0 Å². The zero-order chi connectivity index (χ0) is 14.6. The third kappa shape index (κ3) is 2.90. The maximum absolute atomic E-state index is 11.8. The second-order valence-corrected chi connectivity index (χ2v) is 3.75. The van der Waals surface area contributed by atoms with Gasteiger partial charge in [0.15, 0.2) is 11.5 Å². The van der Waals surface area contributed by atoms with Crippen LogP contribution in [0.5, 0.6) is 17.2 Å². The van der Waals surface area contributed by atoms with Crippen LogP contribution in [-0.2, 0) is 9.53 Å². The van der Waals surface area contributed by atoms with Gasteiger partial charge in [-0.2, -0.15) is 0 Å². The van der Waals surface area contributed by atoms with Crippen molar-refractivity contribution in [3.63, 3.8) is 0 Å². The number of esters is 1. The minimum Gasteiger partial charge on any atom is -0.507 e. The van der Waals surface area contributed by atoms with E-state index < -0.39 is 17.5 Å². The highest BCUT2D eigenvalue weighted by molar-refractivity contribution is 6.46. The molecule has 0 aromatic heterocycles. The summed E-state index contributed by atoms with van der Waals surface area (Å²) in [5, 5.41) is 9.55. The molecule has 0 aliphatic heterocycles. The number of hydrogen-bond donors (Lipinski definition) is 1. The summed E-state index contributed by atoms with van der Waals surface area (Å²) in [6.07, 6.45) is 0. The highest BCUT2D eigenvalue weighted by atomic mass is 35.5. The van der Waals surface area contributed by atoms with Gasteiger partial charge in [0.05, 0.1) is 26.4 Å². The van der Waals surface area contributed by atoms with E-state index in [-0.39, 0.29) is 28.7 Å². The van der Waals surface area contributed by atoms with Gasteiger partial charge in [-0.3, -0.25) is 4.79 Å². The number of benzene rings is 1. The number of rotatable bonds is 5. The molecule has 1 rings (SSSR count). The summed E-state index contributed by atoms with van der Waals surface area (Å²) < 4.78 is 14.5. The summed E-state index contributed by atoms with van der Waals surface area (Å²) in [5.74, 6) is -2.45. The lowest BCUT2D eigenvalue weighted by Gasteiger charge is -2.13. The molecule has 1 aromatic rings. The molecule has 0 fully saturated rings.